The smallest absolute Gasteiger partial charge is 0.250 e. The number of nitrogens with zero attached hydrogens (tertiary/aromatic N) is 5. The van der Waals surface area contributed by atoms with Crippen LogP contribution in [-0.2, 0) is 12.3 Å². The largest absolute Gasteiger partial charge is 0.378 e. The standard InChI is InChI=1S/C22H26N6O3/c1-3-5-7-22(12-27(13-22)18(30)4-2)28-11-15(9-25-28)19-16-6-8-26(14-29)21(16)24-10-17(19)20(23)31/h6,8-11,18,29-30H,4,7,12-14H2,1-2H3,(H2,23,31). The number of nitrogens with two attached hydrogens (primary N) is 1. The molecule has 4 heterocycles. The van der Waals surface area contributed by atoms with Gasteiger partial charge in [0, 0.05) is 54.6 Å². The summed E-state index contributed by atoms with van der Waals surface area (Å²) in [6, 6.07) is 1.80. The lowest BCUT2D eigenvalue weighted by Crippen LogP contribution is -2.65. The number of likely N-dealkylation sites (tertiary alicyclic amines) is 1. The van der Waals surface area contributed by atoms with Gasteiger partial charge in [-0.15, -0.1) is 11.8 Å². The number of pyridine rings is 1. The molecule has 9 nitrogen and oxygen atoms in total. The molecule has 1 aliphatic heterocycles. The van der Waals surface area contributed by atoms with Gasteiger partial charge < -0.3 is 20.5 Å². The van der Waals surface area contributed by atoms with Crippen LogP contribution in [0.25, 0.3) is 22.2 Å². The first-order valence-electron chi connectivity index (χ1n) is 10.2. The molecule has 0 spiro atoms. The van der Waals surface area contributed by atoms with Crippen LogP contribution >= 0.6 is 0 Å². The normalized spacial score (nSPS) is 16.5. The molecule has 1 aliphatic rings. The van der Waals surface area contributed by atoms with E-state index >= 15 is 0 Å². The first-order chi connectivity index (χ1) is 14.9. The molecular formula is C22H26N6O3. The van der Waals surface area contributed by atoms with Crippen LogP contribution in [0.2, 0.25) is 0 Å². The third-order valence-electron chi connectivity index (χ3n) is 5.94. The molecule has 3 aromatic rings. The molecule has 4 N–H and O–H groups in total. The Morgan fingerprint density at radius 2 is 2.16 bits per heavy atom. The van der Waals surface area contributed by atoms with E-state index in [4.69, 9.17) is 5.73 Å². The van der Waals surface area contributed by atoms with Gasteiger partial charge in [-0.05, 0) is 19.4 Å². The minimum absolute atomic E-state index is 0.223. The number of primary amides is 1. The van der Waals surface area contributed by atoms with Crippen LogP contribution in [-0.4, -0.2) is 59.7 Å². The van der Waals surface area contributed by atoms with Crippen LogP contribution in [0.3, 0.4) is 0 Å². The van der Waals surface area contributed by atoms with Gasteiger partial charge in [0.05, 0.1) is 17.3 Å². The van der Waals surface area contributed by atoms with Gasteiger partial charge in [0.15, 0.2) is 0 Å². The SMILES string of the molecule is CC#CCC1(n2cc(-c3c(C(N)=O)cnc4c3ccn4CO)cn2)CN(C(O)CC)C1. The second-order valence-corrected chi connectivity index (χ2v) is 7.87. The van der Waals surface area contributed by atoms with Crippen LogP contribution in [0, 0.1) is 11.8 Å². The number of aromatic nitrogens is 4. The number of aliphatic hydroxyl groups is 2. The summed E-state index contributed by atoms with van der Waals surface area (Å²) in [7, 11) is 0. The maximum atomic E-state index is 12.1. The van der Waals surface area contributed by atoms with Crippen molar-refractivity contribution in [1.29, 1.82) is 0 Å². The van der Waals surface area contributed by atoms with Crippen LogP contribution in [0.5, 0.6) is 0 Å². The van der Waals surface area contributed by atoms with Crippen molar-refractivity contribution >= 4 is 16.9 Å². The summed E-state index contributed by atoms with van der Waals surface area (Å²) in [6.45, 7) is 4.79. The number of carbonyl (C=O) groups is 1. The highest BCUT2D eigenvalue weighted by molar-refractivity contribution is 6.07. The molecule has 0 bridgehead atoms. The van der Waals surface area contributed by atoms with Crippen LogP contribution in [0.4, 0.5) is 0 Å². The fourth-order valence-corrected chi connectivity index (χ4v) is 4.23. The lowest BCUT2D eigenvalue weighted by molar-refractivity contribution is -0.106. The molecule has 0 aliphatic carbocycles. The summed E-state index contributed by atoms with van der Waals surface area (Å²) in [6.07, 6.45) is 7.51. The van der Waals surface area contributed by atoms with Gasteiger partial charge in [-0.25, -0.2) is 4.98 Å². The third kappa shape index (κ3) is 3.49. The molecule has 4 rings (SSSR count). The van der Waals surface area contributed by atoms with E-state index in [0.29, 0.717) is 48.1 Å². The Bertz CT molecular complexity index is 1180. The van der Waals surface area contributed by atoms with Crippen molar-refractivity contribution in [3.8, 4) is 23.0 Å². The molecule has 31 heavy (non-hydrogen) atoms. The van der Waals surface area contributed by atoms with E-state index in [1.165, 1.54) is 6.20 Å². The van der Waals surface area contributed by atoms with Crippen molar-refractivity contribution < 1.29 is 15.0 Å². The van der Waals surface area contributed by atoms with E-state index in [0.717, 1.165) is 5.56 Å². The van der Waals surface area contributed by atoms with Crippen molar-refractivity contribution in [2.75, 3.05) is 13.1 Å². The van der Waals surface area contributed by atoms with E-state index in [2.05, 4.69) is 21.9 Å². The second kappa shape index (κ2) is 8.15. The van der Waals surface area contributed by atoms with Crippen LogP contribution < -0.4 is 5.73 Å². The molecule has 1 amide bonds. The molecule has 1 fully saturated rings. The molecule has 0 aromatic carbocycles. The summed E-state index contributed by atoms with van der Waals surface area (Å²) in [5.74, 6) is 5.52. The highest BCUT2D eigenvalue weighted by Crippen LogP contribution is 2.37. The Labute approximate surface area is 180 Å². The number of hydrogen-bond donors (Lipinski definition) is 3. The Morgan fingerprint density at radius 3 is 2.81 bits per heavy atom. The van der Waals surface area contributed by atoms with E-state index in [1.54, 1.807) is 30.0 Å². The van der Waals surface area contributed by atoms with Crippen molar-refractivity contribution in [3.63, 3.8) is 0 Å². The van der Waals surface area contributed by atoms with Gasteiger partial charge in [-0.2, -0.15) is 5.10 Å². The highest BCUT2D eigenvalue weighted by atomic mass is 16.3. The number of hydrogen-bond acceptors (Lipinski definition) is 6. The predicted octanol–water partition coefficient (Wildman–Crippen LogP) is 1.10. The zero-order valence-corrected chi connectivity index (χ0v) is 17.6. The lowest BCUT2D eigenvalue weighted by Gasteiger charge is -2.51. The van der Waals surface area contributed by atoms with E-state index in [1.807, 2.05) is 22.7 Å². The van der Waals surface area contributed by atoms with E-state index in [-0.39, 0.29) is 12.3 Å². The summed E-state index contributed by atoms with van der Waals surface area (Å²) < 4.78 is 3.47. The average Bonchev–Trinajstić information content (AvgIpc) is 3.39. The number of aliphatic hydroxyl groups excluding tert-OH is 2. The minimum Gasteiger partial charge on any atom is -0.378 e. The number of amides is 1. The maximum absolute atomic E-state index is 12.1. The topological polar surface area (TPSA) is 122 Å². The fraction of sp³-hybridized carbons (Fsp3) is 0.409. The molecule has 3 aromatic heterocycles. The fourth-order valence-electron chi connectivity index (χ4n) is 4.23. The van der Waals surface area contributed by atoms with Crippen molar-refractivity contribution in [2.24, 2.45) is 5.73 Å². The van der Waals surface area contributed by atoms with Crippen molar-refractivity contribution in [3.05, 3.63) is 36.4 Å². The molecule has 1 unspecified atom stereocenters. The van der Waals surface area contributed by atoms with Gasteiger partial charge in [-0.1, -0.05) is 6.92 Å². The maximum Gasteiger partial charge on any atom is 0.250 e. The summed E-state index contributed by atoms with van der Waals surface area (Å²) in [5, 5.41) is 25.1. The number of rotatable bonds is 7. The first-order valence-corrected chi connectivity index (χ1v) is 10.2. The molecule has 0 saturated carbocycles. The zero-order valence-electron chi connectivity index (χ0n) is 17.6. The van der Waals surface area contributed by atoms with Gasteiger partial charge in [0.25, 0.3) is 5.91 Å². The molecule has 1 saturated heterocycles. The third-order valence-corrected chi connectivity index (χ3v) is 5.94. The second-order valence-electron chi connectivity index (χ2n) is 7.87. The number of carbonyl (C=O) groups excluding carboxylic acids is 1. The van der Waals surface area contributed by atoms with Gasteiger partial charge in [0.2, 0.25) is 0 Å². The van der Waals surface area contributed by atoms with Crippen LogP contribution in [0.15, 0.2) is 30.9 Å². The quantitative estimate of drug-likeness (QED) is 0.490. The van der Waals surface area contributed by atoms with Crippen molar-refractivity contribution in [2.45, 2.75) is 45.2 Å². The highest BCUT2D eigenvalue weighted by Gasteiger charge is 2.46. The summed E-state index contributed by atoms with van der Waals surface area (Å²) in [4.78, 5) is 18.4. The monoisotopic (exact) mass is 422 g/mol. The Hall–Kier alpha value is -3.19. The average molecular weight is 422 g/mol. The first kappa shape index (κ1) is 21.1. The van der Waals surface area contributed by atoms with Gasteiger partial charge >= 0.3 is 0 Å². The summed E-state index contributed by atoms with van der Waals surface area (Å²) in [5.41, 5.74) is 7.50. The zero-order chi connectivity index (χ0) is 22.2. The van der Waals surface area contributed by atoms with Gasteiger partial charge in [0.1, 0.15) is 18.6 Å². The van der Waals surface area contributed by atoms with Gasteiger partial charge in [-0.3, -0.25) is 14.4 Å². The molecule has 162 valence electrons. The summed E-state index contributed by atoms with van der Waals surface area (Å²) >= 11 is 0. The Balaban J connectivity index is 1.78. The lowest BCUT2D eigenvalue weighted by atomic mass is 9.86. The molecule has 1 atom stereocenters. The predicted molar refractivity (Wildman–Crippen MR) is 116 cm³/mol. The van der Waals surface area contributed by atoms with E-state index in [9.17, 15) is 15.0 Å². The molecule has 9 heteroatoms. The Morgan fingerprint density at radius 1 is 1.39 bits per heavy atom. The minimum atomic E-state index is -0.582. The molecule has 0 radical (unpaired) electrons. The molecular weight excluding hydrogens is 396 g/mol. The van der Waals surface area contributed by atoms with Crippen molar-refractivity contribution in [1.82, 2.24) is 24.2 Å². The van der Waals surface area contributed by atoms with Crippen LogP contribution in [0.1, 0.15) is 37.0 Å². The Kier molecular flexibility index (Phi) is 5.54. The van der Waals surface area contributed by atoms with E-state index < -0.39 is 12.1 Å². The number of fused-ring (bicyclic) bond motifs is 1.